The van der Waals surface area contributed by atoms with Gasteiger partial charge >= 0.3 is 0 Å². The lowest BCUT2D eigenvalue weighted by Crippen LogP contribution is -2.56. The molecule has 0 bridgehead atoms. The van der Waals surface area contributed by atoms with Crippen molar-refractivity contribution in [2.24, 2.45) is 0 Å². The molecule has 1 amide bonds. The summed E-state index contributed by atoms with van der Waals surface area (Å²) in [5.41, 5.74) is 2.05. The number of hydrogen-bond donors (Lipinski definition) is 1. The highest BCUT2D eigenvalue weighted by Crippen LogP contribution is 2.36. The maximum atomic E-state index is 12.4. The van der Waals surface area contributed by atoms with Gasteiger partial charge in [0.1, 0.15) is 11.0 Å². The summed E-state index contributed by atoms with van der Waals surface area (Å²) in [4.78, 5) is 18.9. The highest BCUT2D eigenvalue weighted by atomic mass is 32.1. The molecule has 0 aromatic carbocycles. The van der Waals surface area contributed by atoms with E-state index in [1.165, 1.54) is 11.3 Å². The van der Waals surface area contributed by atoms with Crippen LogP contribution in [0.4, 0.5) is 0 Å². The lowest BCUT2D eigenvalue weighted by atomic mass is 9.86. The van der Waals surface area contributed by atoms with Gasteiger partial charge in [-0.15, -0.1) is 11.3 Å². The van der Waals surface area contributed by atoms with Crippen molar-refractivity contribution >= 4 is 17.2 Å². The van der Waals surface area contributed by atoms with Gasteiger partial charge in [-0.25, -0.2) is 4.98 Å². The first kappa shape index (κ1) is 13.0. The molecule has 2 aliphatic rings. The number of aliphatic hydroxyl groups is 1. The van der Waals surface area contributed by atoms with E-state index in [-0.39, 0.29) is 5.91 Å². The number of aliphatic hydroxyl groups excluding tert-OH is 1. The third-order valence-corrected chi connectivity index (χ3v) is 5.08. The highest BCUT2D eigenvalue weighted by Gasteiger charge is 2.46. The van der Waals surface area contributed by atoms with Gasteiger partial charge in [0, 0.05) is 19.7 Å². The molecule has 19 heavy (non-hydrogen) atoms. The molecule has 0 aliphatic carbocycles. The molecule has 6 heteroatoms. The monoisotopic (exact) mass is 282 g/mol. The summed E-state index contributed by atoms with van der Waals surface area (Å²) in [6.07, 6.45) is 2.04. The van der Waals surface area contributed by atoms with Crippen LogP contribution in [0.2, 0.25) is 0 Å². The van der Waals surface area contributed by atoms with Crippen LogP contribution in [-0.4, -0.2) is 52.3 Å². The molecule has 1 aromatic heterocycles. The standard InChI is InChI=1S/C13H18N2O3S/c1-9-11(19-8-14-9)12(17)15-5-4-13(10(16)7-15)3-2-6-18-13/h8,10,16H,2-7H2,1H3/t10-,13-/m0/s1. The van der Waals surface area contributed by atoms with Crippen LogP contribution in [0.1, 0.15) is 34.6 Å². The van der Waals surface area contributed by atoms with Gasteiger partial charge in [0.25, 0.3) is 5.91 Å². The Bertz CT molecular complexity index is 482. The molecule has 0 saturated carbocycles. The maximum Gasteiger partial charge on any atom is 0.265 e. The molecule has 104 valence electrons. The Morgan fingerprint density at radius 1 is 1.63 bits per heavy atom. The Labute approximate surface area is 116 Å². The van der Waals surface area contributed by atoms with Crippen molar-refractivity contribution in [1.82, 2.24) is 9.88 Å². The minimum atomic E-state index is -0.582. The average molecular weight is 282 g/mol. The van der Waals surface area contributed by atoms with Crippen molar-refractivity contribution in [2.75, 3.05) is 19.7 Å². The first-order valence-corrected chi connectivity index (χ1v) is 7.52. The molecule has 2 atom stereocenters. The lowest BCUT2D eigenvalue weighted by molar-refractivity contribution is -0.122. The van der Waals surface area contributed by atoms with Crippen molar-refractivity contribution in [3.63, 3.8) is 0 Å². The SMILES string of the molecule is Cc1ncsc1C(=O)N1CC[C@@]2(CCCO2)[C@@H](O)C1. The van der Waals surface area contributed by atoms with E-state index in [0.29, 0.717) is 18.0 Å². The van der Waals surface area contributed by atoms with Crippen molar-refractivity contribution in [3.8, 4) is 0 Å². The van der Waals surface area contributed by atoms with Crippen LogP contribution in [0.15, 0.2) is 5.51 Å². The van der Waals surface area contributed by atoms with Crippen LogP contribution in [0, 0.1) is 6.92 Å². The number of aromatic nitrogens is 1. The van der Waals surface area contributed by atoms with E-state index in [0.717, 1.165) is 31.6 Å². The van der Waals surface area contributed by atoms with Crippen molar-refractivity contribution in [3.05, 3.63) is 16.1 Å². The first-order valence-electron chi connectivity index (χ1n) is 6.64. The smallest absolute Gasteiger partial charge is 0.265 e. The van der Waals surface area contributed by atoms with Gasteiger partial charge in [0.05, 0.1) is 16.8 Å². The van der Waals surface area contributed by atoms with Crippen LogP contribution in [0.5, 0.6) is 0 Å². The summed E-state index contributed by atoms with van der Waals surface area (Å²) in [6, 6.07) is 0. The molecule has 1 aromatic rings. The summed E-state index contributed by atoms with van der Waals surface area (Å²) >= 11 is 1.36. The van der Waals surface area contributed by atoms with E-state index >= 15 is 0 Å². The molecule has 3 rings (SSSR count). The zero-order valence-electron chi connectivity index (χ0n) is 11.0. The second-order valence-electron chi connectivity index (χ2n) is 5.30. The highest BCUT2D eigenvalue weighted by molar-refractivity contribution is 7.11. The number of amides is 1. The zero-order chi connectivity index (χ0) is 13.5. The molecular weight excluding hydrogens is 264 g/mol. The Hall–Kier alpha value is -0.980. The second kappa shape index (κ2) is 4.85. The van der Waals surface area contributed by atoms with Crippen LogP contribution < -0.4 is 0 Å². The third-order valence-electron chi connectivity index (χ3n) is 4.17. The van der Waals surface area contributed by atoms with E-state index in [4.69, 9.17) is 4.74 Å². The van der Waals surface area contributed by atoms with E-state index < -0.39 is 11.7 Å². The number of β-amino-alcohol motifs (C(OH)–C–C–N with tert-alkyl or cyclic N) is 1. The van der Waals surface area contributed by atoms with Crippen LogP contribution in [0.25, 0.3) is 0 Å². The van der Waals surface area contributed by atoms with Crippen molar-refractivity contribution < 1.29 is 14.6 Å². The molecule has 2 saturated heterocycles. The van der Waals surface area contributed by atoms with E-state index in [2.05, 4.69) is 4.98 Å². The van der Waals surface area contributed by atoms with Gasteiger partial charge < -0.3 is 14.7 Å². The number of likely N-dealkylation sites (tertiary alicyclic amines) is 1. The fourth-order valence-electron chi connectivity index (χ4n) is 2.97. The lowest BCUT2D eigenvalue weighted by Gasteiger charge is -2.42. The molecule has 3 heterocycles. The molecule has 2 aliphatic heterocycles. The number of nitrogens with zero attached hydrogens (tertiary/aromatic N) is 2. The Morgan fingerprint density at radius 2 is 2.47 bits per heavy atom. The molecule has 5 nitrogen and oxygen atoms in total. The number of hydrogen-bond acceptors (Lipinski definition) is 5. The van der Waals surface area contributed by atoms with Gasteiger partial charge in [-0.1, -0.05) is 0 Å². The van der Waals surface area contributed by atoms with Gasteiger partial charge in [-0.2, -0.15) is 0 Å². The quantitative estimate of drug-likeness (QED) is 0.841. The van der Waals surface area contributed by atoms with Crippen LogP contribution in [-0.2, 0) is 4.74 Å². The summed E-state index contributed by atoms with van der Waals surface area (Å²) in [5, 5.41) is 10.3. The number of rotatable bonds is 1. The molecule has 1 N–H and O–H groups in total. The number of carbonyl (C=O) groups excluding carboxylic acids is 1. The predicted molar refractivity (Wildman–Crippen MR) is 71.3 cm³/mol. The summed E-state index contributed by atoms with van der Waals surface area (Å²) in [6.45, 7) is 3.56. The summed E-state index contributed by atoms with van der Waals surface area (Å²) in [7, 11) is 0. The minimum Gasteiger partial charge on any atom is -0.388 e. The van der Waals surface area contributed by atoms with Gasteiger partial charge in [0.2, 0.25) is 0 Å². The zero-order valence-corrected chi connectivity index (χ0v) is 11.8. The van der Waals surface area contributed by atoms with Crippen molar-refractivity contribution in [2.45, 2.75) is 37.9 Å². The Morgan fingerprint density at radius 3 is 3.05 bits per heavy atom. The number of aryl methyl sites for hydroxylation is 1. The fraction of sp³-hybridized carbons (Fsp3) is 0.692. The summed E-state index contributed by atoms with van der Waals surface area (Å²) < 4.78 is 5.74. The molecule has 0 unspecified atom stereocenters. The van der Waals surface area contributed by atoms with Crippen molar-refractivity contribution in [1.29, 1.82) is 0 Å². The van der Waals surface area contributed by atoms with Crippen LogP contribution in [0.3, 0.4) is 0 Å². The molecule has 2 fully saturated rings. The van der Waals surface area contributed by atoms with E-state index in [1.54, 1.807) is 10.4 Å². The fourth-order valence-corrected chi connectivity index (χ4v) is 3.74. The van der Waals surface area contributed by atoms with Gasteiger partial charge in [-0.3, -0.25) is 4.79 Å². The maximum absolute atomic E-state index is 12.4. The third kappa shape index (κ3) is 2.17. The van der Waals surface area contributed by atoms with E-state index in [1.807, 2.05) is 6.92 Å². The average Bonchev–Trinajstić information content (AvgIpc) is 3.02. The Balaban J connectivity index is 1.72. The molecule has 0 radical (unpaired) electrons. The molecule has 1 spiro atoms. The normalized spacial score (nSPS) is 31.1. The minimum absolute atomic E-state index is 0.0214. The number of thiazole rings is 1. The van der Waals surface area contributed by atoms with E-state index in [9.17, 15) is 9.90 Å². The van der Waals surface area contributed by atoms with Gasteiger partial charge in [0.15, 0.2) is 0 Å². The van der Waals surface area contributed by atoms with Gasteiger partial charge in [-0.05, 0) is 26.2 Å². The number of ether oxygens (including phenoxy) is 1. The largest absolute Gasteiger partial charge is 0.388 e. The number of carbonyl (C=O) groups is 1. The first-order chi connectivity index (χ1) is 9.12. The van der Waals surface area contributed by atoms with Crippen LogP contribution >= 0.6 is 11.3 Å². The Kier molecular flexibility index (Phi) is 3.32. The molecular formula is C13H18N2O3S. The number of piperidine rings is 1. The topological polar surface area (TPSA) is 62.7 Å². The second-order valence-corrected chi connectivity index (χ2v) is 6.16. The predicted octanol–water partition coefficient (Wildman–Crippen LogP) is 1.21. The summed E-state index contributed by atoms with van der Waals surface area (Å²) in [5.74, 6) is -0.0214.